The fraction of sp³-hybridized carbons (Fsp3) is 0.300. The van der Waals surface area contributed by atoms with Gasteiger partial charge in [0.1, 0.15) is 23.9 Å². The van der Waals surface area contributed by atoms with Gasteiger partial charge in [-0.25, -0.2) is 4.98 Å². The number of aromatic hydroxyl groups is 1. The Kier molecular flexibility index (Phi) is 4.61. The molecule has 0 saturated carbocycles. The fourth-order valence-electron chi connectivity index (χ4n) is 3.83. The highest BCUT2D eigenvalue weighted by molar-refractivity contribution is 7.17. The standard InChI is InChI=1S/C20H21N5O3S/c1-27-15-6-4-14(5-7-15)23-8-10-24(11-9-23)17(16-3-2-12-28-16)18-19(26)25-20(29-18)21-13-22-25/h2-7,12-13,17,26H,8-11H2,1H3. The molecule has 1 unspecified atom stereocenters. The first-order valence-corrected chi connectivity index (χ1v) is 10.2. The van der Waals surface area contributed by atoms with Gasteiger partial charge in [-0.1, -0.05) is 11.3 Å². The van der Waals surface area contributed by atoms with Crippen LogP contribution in [0.1, 0.15) is 16.7 Å². The molecule has 3 aromatic heterocycles. The van der Waals surface area contributed by atoms with Crippen LogP contribution in [0.5, 0.6) is 11.6 Å². The van der Waals surface area contributed by atoms with Crippen molar-refractivity contribution in [2.75, 3.05) is 38.2 Å². The number of piperazine rings is 1. The minimum Gasteiger partial charge on any atom is -0.497 e. The maximum absolute atomic E-state index is 10.7. The minimum absolute atomic E-state index is 0.126. The van der Waals surface area contributed by atoms with Gasteiger partial charge in [0, 0.05) is 31.9 Å². The molecule has 0 bridgehead atoms. The van der Waals surface area contributed by atoms with Crippen molar-refractivity contribution in [3.05, 3.63) is 59.6 Å². The Bertz CT molecular complexity index is 1080. The summed E-state index contributed by atoms with van der Waals surface area (Å²) in [5, 5.41) is 14.8. The van der Waals surface area contributed by atoms with Crippen molar-refractivity contribution >= 4 is 22.0 Å². The average Bonchev–Trinajstić information content (AvgIpc) is 3.50. The van der Waals surface area contributed by atoms with Gasteiger partial charge in [-0.05, 0) is 36.4 Å². The highest BCUT2D eigenvalue weighted by atomic mass is 32.1. The molecule has 8 nitrogen and oxygen atoms in total. The van der Waals surface area contributed by atoms with Crippen molar-refractivity contribution in [3.63, 3.8) is 0 Å². The van der Waals surface area contributed by atoms with Gasteiger partial charge in [0.15, 0.2) is 0 Å². The molecule has 150 valence electrons. The van der Waals surface area contributed by atoms with E-state index in [-0.39, 0.29) is 11.9 Å². The topological polar surface area (TPSA) is 79.3 Å². The van der Waals surface area contributed by atoms with Gasteiger partial charge in [0.2, 0.25) is 10.8 Å². The van der Waals surface area contributed by atoms with E-state index in [1.165, 1.54) is 27.9 Å². The van der Waals surface area contributed by atoms with Gasteiger partial charge >= 0.3 is 0 Å². The largest absolute Gasteiger partial charge is 0.497 e. The third-order valence-electron chi connectivity index (χ3n) is 5.32. The number of furan rings is 1. The summed E-state index contributed by atoms with van der Waals surface area (Å²) >= 11 is 1.44. The Morgan fingerprint density at radius 1 is 1.14 bits per heavy atom. The Morgan fingerprint density at radius 3 is 2.59 bits per heavy atom. The van der Waals surface area contributed by atoms with E-state index in [9.17, 15) is 5.11 Å². The van der Waals surface area contributed by atoms with Gasteiger partial charge in [0.25, 0.3) is 0 Å². The molecule has 1 saturated heterocycles. The lowest BCUT2D eigenvalue weighted by molar-refractivity contribution is 0.191. The fourth-order valence-corrected chi connectivity index (χ4v) is 4.90. The molecule has 29 heavy (non-hydrogen) atoms. The Labute approximate surface area is 171 Å². The highest BCUT2D eigenvalue weighted by Gasteiger charge is 2.33. The summed E-state index contributed by atoms with van der Waals surface area (Å²) in [6.45, 7) is 3.44. The molecule has 1 atom stereocenters. The van der Waals surface area contributed by atoms with Crippen molar-refractivity contribution < 1.29 is 14.3 Å². The molecule has 4 aromatic rings. The number of methoxy groups -OCH3 is 1. The van der Waals surface area contributed by atoms with Gasteiger partial charge in [-0.15, -0.1) is 0 Å². The Morgan fingerprint density at radius 2 is 1.93 bits per heavy atom. The number of thiazole rings is 1. The maximum atomic E-state index is 10.7. The molecule has 9 heteroatoms. The molecule has 0 radical (unpaired) electrons. The van der Waals surface area contributed by atoms with E-state index in [4.69, 9.17) is 9.15 Å². The van der Waals surface area contributed by atoms with E-state index in [0.29, 0.717) is 4.96 Å². The number of aromatic nitrogens is 3. The summed E-state index contributed by atoms with van der Waals surface area (Å²) < 4.78 is 12.5. The SMILES string of the molecule is COc1ccc(N2CCN(C(c3ccco3)c3sc4ncnn4c3O)CC2)cc1. The monoisotopic (exact) mass is 411 g/mol. The van der Waals surface area contributed by atoms with E-state index >= 15 is 0 Å². The molecule has 5 rings (SSSR count). The molecule has 4 heterocycles. The summed E-state index contributed by atoms with van der Waals surface area (Å²) in [5.41, 5.74) is 1.18. The van der Waals surface area contributed by atoms with Crippen molar-refractivity contribution in [3.8, 4) is 11.6 Å². The predicted octanol–water partition coefficient (Wildman–Crippen LogP) is 3.01. The van der Waals surface area contributed by atoms with E-state index in [0.717, 1.165) is 42.6 Å². The lowest BCUT2D eigenvalue weighted by atomic mass is 10.1. The summed E-state index contributed by atoms with van der Waals surface area (Å²) in [4.78, 5) is 10.4. The number of ether oxygens (including phenoxy) is 1. The summed E-state index contributed by atoms with van der Waals surface area (Å²) in [6.07, 6.45) is 3.12. The number of anilines is 1. The van der Waals surface area contributed by atoms with Crippen molar-refractivity contribution in [2.45, 2.75) is 6.04 Å². The van der Waals surface area contributed by atoms with Crippen LogP contribution in [-0.4, -0.2) is 57.9 Å². The third-order valence-corrected chi connectivity index (χ3v) is 6.40. The smallest absolute Gasteiger partial charge is 0.230 e. The number of benzene rings is 1. The van der Waals surface area contributed by atoms with E-state index in [2.05, 4.69) is 32.0 Å². The summed E-state index contributed by atoms with van der Waals surface area (Å²) in [5.74, 6) is 1.79. The van der Waals surface area contributed by atoms with E-state index < -0.39 is 0 Å². The molecule has 1 fully saturated rings. The second-order valence-corrected chi connectivity index (χ2v) is 7.89. The minimum atomic E-state index is -0.170. The quantitative estimate of drug-likeness (QED) is 0.541. The van der Waals surface area contributed by atoms with Crippen LogP contribution in [0.2, 0.25) is 0 Å². The first kappa shape index (κ1) is 18.0. The number of hydrogen-bond donors (Lipinski definition) is 1. The molecule has 0 spiro atoms. The zero-order chi connectivity index (χ0) is 19.8. The Balaban J connectivity index is 1.39. The lowest BCUT2D eigenvalue weighted by Crippen LogP contribution is -2.47. The van der Waals surface area contributed by atoms with Crippen molar-refractivity contribution in [2.24, 2.45) is 0 Å². The number of rotatable bonds is 5. The van der Waals surface area contributed by atoms with E-state index in [1.54, 1.807) is 13.4 Å². The molecular weight excluding hydrogens is 390 g/mol. The van der Waals surface area contributed by atoms with E-state index in [1.807, 2.05) is 24.3 Å². The Hall–Kier alpha value is -3.04. The van der Waals surface area contributed by atoms with Gasteiger partial charge in [-0.3, -0.25) is 4.90 Å². The molecule has 1 aromatic carbocycles. The van der Waals surface area contributed by atoms with Crippen LogP contribution in [0, 0.1) is 0 Å². The van der Waals surface area contributed by atoms with Crippen LogP contribution < -0.4 is 9.64 Å². The lowest BCUT2D eigenvalue weighted by Gasteiger charge is -2.39. The van der Waals surface area contributed by atoms with Gasteiger partial charge in [-0.2, -0.15) is 9.61 Å². The van der Waals surface area contributed by atoms with Crippen molar-refractivity contribution in [1.29, 1.82) is 0 Å². The summed E-state index contributed by atoms with van der Waals surface area (Å²) in [7, 11) is 1.68. The first-order valence-electron chi connectivity index (χ1n) is 9.42. The second kappa shape index (κ2) is 7.41. The maximum Gasteiger partial charge on any atom is 0.230 e. The van der Waals surface area contributed by atoms with Crippen molar-refractivity contribution in [1.82, 2.24) is 19.5 Å². The van der Waals surface area contributed by atoms with Crippen LogP contribution in [0.25, 0.3) is 4.96 Å². The van der Waals surface area contributed by atoms with Crippen LogP contribution in [-0.2, 0) is 0 Å². The number of hydrogen-bond acceptors (Lipinski definition) is 8. The molecule has 0 aliphatic carbocycles. The average molecular weight is 411 g/mol. The molecule has 0 amide bonds. The second-order valence-electron chi connectivity index (χ2n) is 6.88. The van der Waals surface area contributed by atoms with Gasteiger partial charge in [0.05, 0.1) is 18.3 Å². The molecular formula is C20H21N5O3S. The van der Waals surface area contributed by atoms with Gasteiger partial charge < -0.3 is 19.2 Å². The molecule has 1 aliphatic heterocycles. The number of nitrogens with zero attached hydrogens (tertiary/aromatic N) is 5. The zero-order valence-electron chi connectivity index (χ0n) is 15.9. The molecule has 1 N–H and O–H groups in total. The zero-order valence-corrected chi connectivity index (χ0v) is 16.7. The first-order chi connectivity index (χ1) is 14.2. The summed E-state index contributed by atoms with van der Waals surface area (Å²) in [6, 6.07) is 11.8. The highest BCUT2D eigenvalue weighted by Crippen LogP contribution is 2.40. The normalized spacial score (nSPS) is 16.4. The van der Waals surface area contributed by atoms with Crippen LogP contribution in [0.4, 0.5) is 5.69 Å². The number of fused-ring (bicyclic) bond motifs is 1. The third kappa shape index (κ3) is 3.22. The van der Waals surface area contributed by atoms with Crippen LogP contribution in [0.15, 0.2) is 53.4 Å². The molecule has 1 aliphatic rings. The van der Waals surface area contributed by atoms with Crippen LogP contribution in [0.3, 0.4) is 0 Å². The predicted molar refractivity (Wildman–Crippen MR) is 110 cm³/mol. The van der Waals surface area contributed by atoms with Crippen LogP contribution >= 0.6 is 11.3 Å².